The maximum absolute atomic E-state index is 13.6. The Labute approximate surface area is 189 Å². The quantitative estimate of drug-likeness (QED) is 0.391. The van der Waals surface area contributed by atoms with Crippen molar-refractivity contribution in [2.24, 2.45) is 0 Å². The van der Waals surface area contributed by atoms with Gasteiger partial charge in [-0.2, -0.15) is 5.10 Å². The number of alkyl halides is 2. The Bertz CT molecular complexity index is 1360. The fraction of sp³-hybridized carbons (Fsp3) is 0.240. The summed E-state index contributed by atoms with van der Waals surface area (Å²) >= 11 is 0. The minimum atomic E-state index is -2.61. The van der Waals surface area contributed by atoms with Crippen molar-refractivity contribution in [2.75, 3.05) is 19.6 Å². The molecule has 0 atom stereocenters. The van der Waals surface area contributed by atoms with Crippen molar-refractivity contribution < 1.29 is 8.78 Å². The number of nitrogens with one attached hydrogen (secondary N) is 2. The largest absolute Gasteiger partial charge is 0.338 e. The van der Waals surface area contributed by atoms with Gasteiger partial charge in [-0.15, -0.1) is 0 Å². The number of halogens is 2. The highest BCUT2D eigenvalue weighted by Gasteiger charge is 2.37. The Hall–Kier alpha value is -3.65. The lowest BCUT2D eigenvalue weighted by atomic mass is 10.0. The SMILES string of the molecule is C=C/C(=C\C(=C/C)c1cnc2n[nH]c(-c3cc4cccnc4[nH]3)c2c1)CN1CCC(F)(F)C1. The molecule has 0 unspecified atom stereocenters. The third kappa shape index (κ3) is 4.21. The summed E-state index contributed by atoms with van der Waals surface area (Å²) in [7, 11) is 0. The summed E-state index contributed by atoms with van der Waals surface area (Å²) < 4.78 is 27.2. The third-order valence-corrected chi connectivity index (χ3v) is 5.97. The van der Waals surface area contributed by atoms with Crippen molar-refractivity contribution in [1.82, 2.24) is 30.0 Å². The molecule has 0 aromatic carbocycles. The van der Waals surface area contributed by atoms with Gasteiger partial charge in [0.25, 0.3) is 5.92 Å². The van der Waals surface area contributed by atoms with Gasteiger partial charge in [0, 0.05) is 48.2 Å². The van der Waals surface area contributed by atoms with Gasteiger partial charge in [0.05, 0.1) is 17.9 Å². The number of allylic oxidation sites excluding steroid dienone is 3. The van der Waals surface area contributed by atoms with E-state index in [2.05, 4.69) is 31.7 Å². The number of hydrogen-bond acceptors (Lipinski definition) is 4. The molecular formula is C25H24F2N6. The van der Waals surface area contributed by atoms with Crippen LogP contribution in [-0.4, -0.2) is 55.6 Å². The van der Waals surface area contributed by atoms with Crippen LogP contribution in [-0.2, 0) is 0 Å². The zero-order valence-corrected chi connectivity index (χ0v) is 18.3. The van der Waals surface area contributed by atoms with E-state index in [1.54, 1.807) is 23.4 Å². The first-order chi connectivity index (χ1) is 16.0. The van der Waals surface area contributed by atoms with Crippen LogP contribution in [0, 0.1) is 0 Å². The van der Waals surface area contributed by atoms with E-state index in [1.807, 2.05) is 43.3 Å². The van der Waals surface area contributed by atoms with Crippen molar-refractivity contribution in [3.63, 3.8) is 0 Å². The number of rotatable bonds is 6. The zero-order chi connectivity index (χ0) is 23.0. The maximum atomic E-state index is 13.6. The van der Waals surface area contributed by atoms with Crippen LogP contribution in [0.2, 0.25) is 0 Å². The molecule has 0 amide bonds. The number of likely N-dealkylation sites (tertiary alicyclic amines) is 1. The average molecular weight is 447 g/mol. The molecule has 6 nitrogen and oxygen atoms in total. The Kier molecular flexibility index (Phi) is 5.38. The van der Waals surface area contributed by atoms with Crippen molar-refractivity contribution in [3.05, 3.63) is 72.6 Å². The molecule has 8 heteroatoms. The van der Waals surface area contributed by atoms with Gasteiger partial charge in [-0.05, 0) is 42.3 Å². The summed E-state index contributed by atoms with van der Waals surface area (Å²) in [5, 5.41) is 9.32. The number of nitrogens with zero attached hydrogens (tertiary/aromatic N) is 4. The Balaban J connectivity index is 1.47. The van der Waals surface area contributed by atoms with Crippen molar-refractivity contribution >= 4 is 27.6 Å². The minimum absolute atomic E-state index is 0.0962. The summed E-state index contributed by atoms with van der Waals surface area (Å²) in [4.78, 5) is 14.0. The molecule has 5 rings (SSSR count). The van der Waals surface area contributed by atoms with Gasteiger partial charge in [-0.1, -0.05) is 24.8 Å². The van der Waals surface area contributed by atoms with E-state index in [4.69, 9.17) is 0 Å². The highest BCUT2D eigenvalue weighted by molar-refractivity contribution is 5.95. The molecule has 0 aliphatic carbocycles. The molecule has 2 N–H and O–H groups in total. The van der Waals surface area contributed by atoms with E-state index in [0.29, 0.717) is 18.7 Å². The van der Waals surface area contributed by atoms with Crippen LogP contribution >= 0.6 is 0 Å². The topological polar surface area (TPSA) is 73.5 Å². The second-order valence-electron chi connectivity index (χ2n) is 8.30. The number of pyridine rings is 2. The van der Waals surface area contributed by atoms with Gasteiger partial charge < -0.3 is 4.98 Å². The first kappa shape index (κ1) is 21.2. The van der Waals surface area contributed by atoms with Gasteiger partial charge >= 0.3 is 0 Å². The molecular weight excluding hydrogens is 422 g/mol. The van der Waals surface area contributed by atoms with Crippen molar-refractivity contribution in [2.45, 2.75) is 19.3 Å². The zero-order valence-electron chi connectivity index (χ0n) is 18.3. The average Bonchev–Trinajstić information content (AvgIpc) is 3.51. The first-order valence-electron chi connectivity index (χ1n) is 10.8. The summed E-state index contributed by atoms with van der Waals surface area (Å²) in [6.45, 7) is 6.44. The first-order valence-corrected chi connectivity index (χ1v) is 10.8. The number of aromatic nitrogens is 5. The molecule has 0 spiro atoms. The Morgan fingerprint density at radius 2 is 2.18 bits per heavy atom. The standard InChI is InChI=1S/C25H24F2N6/c1-3-16(14-33-9-7-25(26,27)15-33)10-17(4-2)19-11-20-22(31-32-24(20)29-13-19)21-12-18-6-5-8-28-23(18)30-21/h3-6,8,10-13H,1,7,9,14-15H2,2H3,(H,28,30)(H,29,31,32)/b16-10+,17-4+. The Morgan fingerprint density at radius 1 is 1.30 bits per heavy atom. The lowest BCUT2D eigenvalue weighted by Crippen LogP contribution is -2.26. The van der Waals surface area contributed by atoms with Crippen LogP contribution in [0.4, 0.5) is 8.78 Å². The lowest BCUT2D eigenvalue weighted by Gasteiger charge is -2.16. The maximum Gasteiger partial charge on any atom is 0.261 e. The molecule has 5 heterocycles. The van der Waals surface area contributed by atoms with Crippen molar-refractivity contribution in [3.8, 4) is 11.4 Å². The summed E-state index contributed by atoms with van der Waals surface area (Å²) in [6, 6.07) is 7.97. The molecule has 1 aliphatic heterocycles. The predicted octanol–water partition coefficient (Wildman–Crippen LogP) is 5.36. The van der Waals surface area contributed by atoms with Crippen LogP contribution in [0.5, 0.6) is 0 Å². The van der Waals surface area contributed by atoms with Crippen LogP contribution in [0.25, 0.3) is 39.0 Å². The van der Waals surface area contributed by atoms with Gasteiger partial charge in [-0.25, -0.2) is 18.7 Å². The summed E-state index contributed by atoms with van der Waals surface area (Å²) in [5.74, 6) is -2.61. The fourth-order valence-corrected chi connectivity index (χ4v) is 4.26. The highest BCUT2D eigenvalue weighted by Crippen LogP contribution is 2.31. The smallest absolute Gasteiger partial charge is 0.261 e. The molecule has 168 valence electrons. The lowest BCUT2D eigenvalue weighted by molar-refractivity contribution is 0.0131. The number of aromatic amines is 2. The van der Waals surface area contributed by atoms with Crippen LogP contribution < -0.4 is 0 Å². The van der Waals surface area contributed by atoms with Crippen LogP contribution in [0.1, 0.15) is 18.9 Å². The number of H-pyrrole nitrogens is 2. The van der Waals surface area contributed by atoms with E-state index in [-0.39, 0.29) is 13.0 Å². The second-order valence-corrected chi connectivity index (χ2v) is 8.30. The molecule has 4 aromatic heterocycles. The molecule has 1 fully saturated rings. The van der Waals surface area contributed by atoms with Gasteiger partial charge in [-0.3, -0.25) is 10.00 Å². The van der Waals surface area contributed by atoms with Gasteiger partial charge in [0.15, 0.2) is 5.65 Å². The van der Waals surface area contributed by atoms with E-state index in [1.165, 1.54) is 0 Å². The third-order valence-electron chi connectivity index (χ3n) is 5.97. The number of hydrogen-bond donors (Lipinski definition) is 2. The van der Waals surface area contributed by atoms with E-state index in [9.17, 15) is 8.78 Å². The molecule has 0 saturated carbocycles. The van der Waals surface area contributed by atoms with E-state index < -0.39 is 5.92 Å². The molecule has 0 bridgehead atoms. The molecule has 1 aliphatic rings. The Morgan fingerprint density at radius 3 is 2.91 bits per heavy atom. The fourth-order valence-electron chi connectivity index (χ4n) is 4.26. The van der Waals surface area contributed by atoms with E-state index in [0.717, 1.165) is 44.5 Å². The highest BCUT2D eigenvalue weighted by atomic mass is 19.3. The molecule has 0 radical (unpaired) electrons. The van der Waals surface area contributed by atoms with Gasteiger partial charge in [0.1, 0.15) is 5.65 Å². The normalized spacial score (nSPS) is 17.3. The van der Waals surface area contributed by atoms with E-state index >= 15 is 0 Å². The molecule has 4 aromatic rings. The summed E-state index contributed by atoms with van der Waals surface area (Å²) in [6.07, 6.45) is 9.12. The van der Waals surface area contributed by atoms with Crippen LogP contribution in [0.3, 0.4) is 0 Å². The second kappa shape index (κ2) is 8.37. The van der Waals surface area contributed by atoms with Gasteiger partial charge in [0.2, 0.25) is 0 Å². The summed E-state index contributed by atoms with van der Waals surface area (Å²) in [5.41, 5.74) is 5.87. The molecule has 1 saturated heterocycles. The predicted molar refractivity (Wildman–Crippen MR) is 127 cm³/mol. The van der Waals surface area contributed by atoms with Crippen molar-refractivity contribution in [1.29, 1.82) is 0 Å². The minimum Gasteiger partial charge on any atom is -0.338 e. The molecule has 33 heavy (non-hydrogen) atoms. The van der Waals surface area contributed by atoms with Crippen LogP contribution in [0.15, 0.2) is 67.0 Å². The number of fused-ring (bicyclic) bond motifs is 2. The monoisotopic (exact) mass is 446 g/mol.